The summed E-state index contributed by atoms with van der Waals surface area (Å²) in [7, 11) is 0. The summed E-state index contributed by atoms with van der Waals surface area (Å²) in [5.74, 6) is 0. The molecule has 2 atom stereocenters. The molecule has 0 saturated heterocycles. The smallest absolute Gasteiger partial charge is 0.0666 e. The molecular weight excluding hydrogens is 190 g/mol. The minimum atomic E-state index is 0.341. The Morgan fingerprint density at radius 1 is 1.47 bits per heavy atom. The zero-order valence-electron chi connectivity index (χ0n) is 9.01. The molecule has 1 aliphatic rings. The average molecular weight is 209 g/mol. The standard InChI is InChI=1S/C11H19N3O/c12-10-3-1-4-11(9-10)15-8-7-14-6-2-5-13-14/h2,5-6,10-11H,1,3-4,7-9,12H2. The van der Waals surface area contributed by atoms with E-state index in [0.29, 0.717) is 12.1 Å². The van der Waals surface area contributed by atoms with Crippen LogP contribution in [0.3, 0.4) is 0 Å². The number of nitrogens with zero attached hydrogens (tertiary/aromatic N) is 2. The summed E-state index contributed by atoms with van der Waals surface area (Å²) in [6, 6.07) is 2.27. The van der Waals surface area contributed by atoms with Gasteiger partial charge in [0.05, 0.1) is 19.3 Å². The number of hydrogen-bond acceptors (Lipinski definition) is 3. The first-order valence-electron chi connectivity index (χ1n) is 5.69. The molecule has 1 aromatic heterocycles. The minimum absolute atomic E-state index is 0.341. The Hall–Kier alpha value is -0.870. The normalized spacial score (nSPS) is 26.7. The van der Waals surface area contributed by atoms with Crippen LogP contribution in [0.25, 0.3) is 0 Å². The fourth-order valence-corrected chi connectivity index (χ4v) is 2.08. The maximum absolute atomic E-state index is 5.89. The molecule has 0 radical (unpaired) electrons. The van der Waals surface area contributed by atoms with Gasteiger partial charge >= 0.3 is 0 Å². The first-order chi connectivity index (χ1) is 7.34. The van der Waals surface area contributed by atoms with E-state index < -0.39 is 0 Å². The Labute approximate surface area is 90.4 Å². The van der Waals surface area contributed by atoms with Gasteiger partial charge in [-0.15, -0.1) is 0 Å². The van der Waals surface area contributed by atoms with Crippen LogP contribution < -0.4 is 5.73 Å². The molecule has 2 N–H and O–H groups in total. The van der Waals surface area contributed by atoms with Crippen molar-refractivity contribution in [3.63, 3.8) is 0 Å². The summed E-state index contributed by atoms with van der Waals surface area (Å²) >= 11 is 0. The highest BCUT2D eigenvalue weighted by atomic mass is 16.5. The molecule has 0 spiro atoms. The van der Waals surface area contributed by atoms with Crippen molar-refractivity contribution in [2.75, 3.05) is 6.61 Å². The van der Waals surface area contributed by atoms with Crippen molar-refractivity contribution in [1.29, 1.82) is 0 Å². The van der Waals surface area contributed by atoms with Crippen molar-refractivity contribution in [1.82, 2.24) is 9.78 Å². The van der Waals surface area contributed by atoms with Gasteiger partial charge in [-0.3, -0.25) is 4.68 Å². The fraction of sp³-hybridized carbons (Fsp3) is 0.727. The molecule has 0 aromatic carbocycles. The molecule has 1 aromatic rings. The van der Waals surface area contributed by atoms with Gasteiger partial charge in [-0.2, -0.15) is 5.10 Å². The van der Waals surface area contributed by atoms with Gasteiger partial charge in [0.25, 0.3) is 0 Å². The molecule has 4 nitrogen and oxygen atoms in total. The van der Waals surface area contributed by atoms with Gasteiger partial charge < -0.3 is 10.5 Å². The maximum atomic E-state index is 5.89. The molecular formula is C11H19N3O. The van der Waals surface area contributed by atoms with Crippen LogP contribution in [0.1, 0.15) is 25.7 Å². The summed E-state index contributed by atoms with van der Waals surface area (Å²) in [4.78, 5) is 0. The zero-order valence-corrected chi connectivity index (χ0v) is 9.01. The second-order valence-electron chi connectivity index (χ2n) is 4.19. The molecule has 2 rings (SSSR count). The highest BCUT2D eigenvalue weighted by Crippen LogP contribution is 2.19. The van der Waals surface area contributed by atoms with Crippen LogP contribution in [0, 0.1) is 0 Å². The number of nitrogens with two attached hydrogens (primary N) is 1. The van der Waals surface area contributed by atoms with Gasteiger partial charge in [0.2, 0.25) is 0 Å². The molecule has 0 aliphatic heterocycles. The van der Waals surface area contributed by atoms with E-state index in [1.165, 1.54) is 6.42 Å². The predicted molar refractivity (Wildman–Crippen MR) is 58.4 cm³/mol. The first-order valence-corrected chi connectivity index (χ1v) is 5.69. The van der Waals surface area contributed by atoms with Crippen LogP contribution in [-0.4, -0.2) is 28.5 Å². The van der Waals surface area contributed by atoms with Crippen molar-refractivity contribution in [3.05, 3.63) is 18.5 Å². The van der Waals surface area contributed by atoms with E-state index in [9.17, 15) is 0 Å². The molecule has 84 valence electrons. The van der Waals surface area contributed by atoms with E-state index in [1.54, 1.807) is 6.20 Å². The number of aromatic nitrogens is 2. The Morgan fingerprint density at radius 2 is 2.40 bits per heavy atom. The number of rotatable bonds is 4. The lowest BCUT2D eigenvalue weighted by molar-refractivity contribution is 0.0182. The maximum Gasteiger partial charge on any atom is 0.0666 e. The molecule has 2 unspecified atom stereocenters. The van der Waals surface area contributed by atoms with Gasteiger partial charge in [-0.05, 0) is 31.7 Å². The molecule has 1 heterocycles. The van der Waals surface area contributed by atoms with Gasteiger partial charge in [0.15, 0.2) is 0 Å². The predicted octanol–water partition coefficient (Wildman–Crippen LogP) is 1.17. The van der Waals surface area contributed by atoms with Crippen LogP contribution in [0.4, 0.5) is 0 Å². The Morgan fingerprint density at radius 3 is 3.13 bits per heavy atom. The van der Waals surface area contributed by atoms with Crippen molar-refractivity contribution in [2.24, 2.45) is 5.73 Å². The fourth-order valence-electron chi connectivity index (χ4n) is 2.08. The highest BCUT2D eigenvalue weighted by Gasteiger charge is 2.19. The third kappa shape index (κ3) is 3.32. The lowest BCUT2D eigenvalue weighted by Gasteiger charge is -2.26. The largest absolute Gasteiger partial charge is 0.376 e. The summed E-state index contributed by atoms with van der Waals surface area (Å²) in [5.41, 5.74) is 5.89. The minimum Gasteiger partial charge on any atom is -0.376 e. The van der Waals surface area contributed by atoms with Crippen molar-refractivity contribution < 1.29 is 4.74 Å². The molecule has 1 fully saturated rings. The molecule has 1 saturated carbocycles. The third-order valence-corrected chi connectivity index (χ3v) is 2.90. The lowest BCUT2D eigenvalue weighted by Crippen LogP contribution is -2.32. The highest BCUT2D eigenvalue weighted by molar-refractivity contribution is 4.78. The van der Waals surface area contributed by atoms with Crippen LogP contribution in [0.2, 0.25) is 0 Å². The second kappa shape index (κ2) is 5.28. The van der Waals surface area contributed by atoms with E-state index in [4.69, 9.17) is 10.5 Å². The van der Waals surface area contributed by atoms with Gasteiger partial charge in [0, 0.05) is 18.4 Å². The molecule has 4 heteroatoms. The van der Waals surface area contributed by atoms with Gasteiger partial charge in [-0.25, -0.2) is 0 Å². The number of hydrogen-bond donors (Lipinski definition) is 1. The monoisotopic (exact) mass is 209 g/mol. The number of ether oxygens (including phenoxy) is 1. The molecule has 0 amide bonds. The molecule has 15 heavy (non-hydrogen) atoms. The van der Waals surface area contributed by atoms with Crippen LogP contribution in [-0.2, 0) is 11.3 Å². The summed E-state index contributed by atoms with van der Waals surface area (Å²) in [6.45, 7) is 1.57. The third-order valence-electron chi connectivity index (χ3n) is 2.90. The quantitative estimate of drug-likeness (QED) is 0.810. The van der Waals surface area contributed by atoms with E-state index in [1.807, 2.05) is 16.9 Å². The molecule has 1 aliphatic carbocycles. The Bertz CT molecular complexity index is 273. The van der Waals surface area contributed by atoms with Crippen molar-refractivity contribution in [3.8, 4) is 0 Å². The van der Waals surface area contributed by atoms with Crippen molar-refractivity contribution >= 4 is 0 Å². The summed E-state index contributed by atoms with van der Waals surface area (Å²) in [5, 5.41) is 4.13. The lowest BCUT2D eigenvalue weighted by atomic mass is 9.94. The average Bonchev–Trinajstić information content (AvgIpc) is 2.71. The van der Waals surface area contributed by atoms with Crippen LogP contribution >= 0.6 is 0 Å². The van der Waals surface area contributed by atoms with Gasteiger partial charge in [0.1, 0.15) is 0 Å². The summed E-state index contributed by atoms with van der Waals surface area (Å²) in [6.07, 6.45) is 8.63. The summed E-state index contributed by atoms with van der Waals surface area (Å²) < 4.78 is 7.68. The molecule has 0 bridgehead atoms. The van der Waals surface area contributed by atoms with E-state index in [0.717, 1.165) is 32.4 Å². The SMILES string of the molecule is NC1CCCC(OCCn2cccn2)C1. The second-order valence-corrected chi connectivity index (χ2v) is 4.19. The van der Waals surface area contributed by atoms with E-state index in [-0.39, 0.29) is 0 Å². The topological polar surface area (TPSA) is 53.1 Å². The van der Waals surface area contributed by atoms with Crippen LogP contribution in [0.15, 0.2) is 18.5 Å². The van der Waals surface area contributed by atoms with Crippen molar-refractivity contribution in [2.45, 2.75) is 44.4 Å². The Balaban J connectivity index is 1.65. The van der Waals surface area contributed by atoms with E-state index in [2.05, 4.69) is 5.10 Å². The first kappa shape index (κ1) is 10.6. The van der Waals surface area contributed by atoms with Crippen LogP contribution in [0.5, 0.6) is 0 Å². The Kier molecular flexibility index (Phi) is 3.75. The van der Waals surface area contributed by atoms with E-state index >= 15 is 0 Å². The zero-order chi connectivity index (χ0) is 10.5. The van der Waals surface area contributed by atoms with Gasteiger partial charge in [-0.1, -0.05) is 0 Å².